The summed E-state index contributed by atoms with van der Waals surface area (Å²) >= 11 is 0. The van der Waals surface area contributed by atoms with Gasteiger partial charge in [-0.25, -0.2) is 0 Å². The molecule has 0 aromatic carbocycles. The summed E-state index contributed by atoms with van der Waals surface area (Å²) in [5.41, 5.74) is 0. The van der Waals surface area contributed by atoms with Crippen LogP contribution in [0.25, 0.3) is 0 Å². The molecule has 0 bridgehead atoms. The van der Waals surface area contributed by atoms with Crippen LogP contribution >= 0.6 is 0 Å². The van der Waals surface area contributed by atoms with E-state index < -0.39 is 0 Å². The van der Waals surface area contributed by atoms with E-state index in [2.05, 4.69) is 27.7 Å². The number of ether oxygens (including phenoxy) is 1. The molecule has 0 aliphatic rings. The largest absolute Gasteiger partial charge is 0.466 e. The Morgan fingerprint density at radius 2 is 1.19 bits per heavy atom. The lowest BCUT2D eigenvalue weighted by Gasteiger charge is -2.06. The van der Waals surface area contributed by atoms with E-state index >= 15 is 0 Å². The highest BCUT2D eigenvalue weighted by molar-refractivity contribution is 5.69. The van der Waals surface area contributed by atoms with Gasteiger partial charge in [-0.1, -0.05) is 79.1 Å². The van der Waals surface area contributed by atoms with Crippen LogP contribution in [0.1, 0.15) is 98.3 Å². The molecule has 0 radical (unpaired) electrons. The summed E-state index contributed by atoms with van der Waals surface area (Å²) in [6, 6.07) is 0. The third-order valence-electron chi connectivity index (χ3n) is 3.85. The van der Waals surface area contributed by atoms with E-state index in [-0.39, 0.29) is 5.97 Å². The molecule has 2 heteroatoms. The highest BCUT2D eigenvalue weighted by Crippen LogP contribution is 2.11. The number of esters is 1. The minimum atomic E-state index is -0.000597. The molecule has 0 saturated carbocycles. The minimum Gasteiger partial charge on any atom is -0.466 e. The fraction of sp³-hybridized carbons (Fsp3) is 0.947. The number of rotatable bonds is 14. The van der Waals surface area contributed by atoms with Crippen molar-refractivity contribution in [3.63, 3.8) is 0 Å². The molecule has 0 atom stereocenters. The van der Waals surface area contributed by atoms with Crippen molar-refractivity contribution < 1.29 is 9.53 Å². The number of carbonyl (C=O) groups is 1. The van der Waals surface area contributed by atoms with Gasteiger partial charge in [0, 0.05) is 6.42 Å². The zero-order valence-corrected chi connectivity index (χ0v) is 15.0. The predicted molar refractivity (Wildman–Crippen MR) is 91.4 cm³/mol. The fourth-order valence-electron chi connectivity index (χ4n) is 2.44. The second-order valence-electron chi connectivity index (χ2n) is 7.16. The summed E-state index contributed by atoms with van der Waals surface area (Å²) in [5, 5.41) is 0. The van der Waals surface area contributed by atoms with Gasteiger partial charge in [0.05, 0.1) is 6.61 Å². The monoisotopic (exact) mass is 298 g/mol. The van der Waals surface area contributed by atoms with Crippen molar-refractivity contribution in [2.45, 2.75) is 98.3 Å². The first-order valence-electron chi connectivity index (χ1n) is 9.18. The van der Waals surface area contributed by atoms with Gasteiger partial charge in [-0.15, -0.1) is 0 Å². The minimum absolute atomic E-state index is 0.000597. The molecule has 0 saturated heterocycles. The molecule has 0 N–H and O–H groups in total. The van der Waals surface area contributed by atoms with Crippen LogP contribution in [0.3, 0.4) is 0 Å². The van der Waals surface area contributed by atoms with Crippen molar-refractivity contribution >= 4 is 5.97 Å². The van der Waals surface area contributed by atoms with Crippen LogP contribution in [0, 0.1) is 11.8 Å². The van der Waals surface area contributed by atoms with Gasteiger partial charge in [0.2, 0.25) is 0 Å². The zero-order valence-electron chi connectivity index (χ0n) is 15.0. The Kier molecular flexibility index (Phi) is 14.0. The maximum atomic E-state index is 11.5. The van der Waals surface area contributed by atoms with Crippen molar-refractivity contribution in [2.75, 3.05) is 6.61 Å². The molecule has 0 rings (SSSR count). The summed E-state index contributed by atoms with van der Waals surface area (Å²) in [6.45, 7) is 9.67. The van der Waals surface area contributed by atoms with Gasteiger partial charge in [0.1, 0.15) is 0 Å². The molecule has 0 heterocycles. The maximum absolute atomic E-state index is 11.5. The molecule has 0 aliphatic carbocycles. The molecule has 0 aromatic heterocycles. The smallest absolute Gasteiger partial charge is 0.305 e. The molecule has 0 amide bonds. The van der Waals surface area contributed by atoms with Crippen LogP contribution in [0.5, 0.6) is 0 Å². The lowest BCUT2D eigenvalue weighted by molar-refractivity contribution is -0.143. The topological polar surface area (TPSA) is 26.3 Å². The van der Waals surface area contributed by atoms with E-state index in [1.165, 1.54) is 44.9 Å². The fourth-order valence-corrected chi connectivity index (χ4v) is 2.44. The van der Waals surface area contributed by atoms with Gasteiger partial charge in [-0.2, -0.15) is 0 Å². The first-order valence-corrected chi connectivity index (χ1v) is 9.18. The molecule has 0 unspecified atom stereocenters. The zero-order chi connectivity index (χ0) is 15.9. The Balaban J connectivity index is 3.19. The standard InChI is InChI=1S/C19H38O2/c1-17(2)13-9-6-5-7-12-16-21-19(20)15-11-8-10-14-18(3)4/h17-18H,5-16H2,1-4H3. The number of hydrogen-bond donors (Lipinski definition) is 0. The Bertz CT molecular complexity index is 234. The molecule has 2 nitrogen and oxygen atoms in total. The Morgan fingerprint density at radius 3 is 1.76 bits per heavy atom. The van der Waals surface area contributed by atoms with Gasteiger partial charge in [0.15, 0.2) is 0 Å². The van der Waals surface area contributed by atoms with E-state index in [1.807, 2.05) is 0 Å². The lowest BCUT2D eigenvalue weighted by atomic mass is 10.0. The molecule has 0 aromatic rings. The van der Waals surface area contributed by atoms with Crippen LogP contribution in [-0.4, -0.2) is 12.6 Å². The summed E-state index contributed by atoms with van der Waals surface area (Å²) in [7, 11) is 0. The van der Waals surface area contributed by atoms with E-state index in [0.717, 1.165) is 31.1 Å². The van der Waals surface area contributed by atoms with Crippen LogP contribution < -0.4 is 0 Å². The molecule has 126 valence electrons. The molecule has 0 spiro atoms. The highest BCUT2D eigenvalue weighted by Gasteiger charge is 2.03. The quantitative estimate of drug-likeness (QED) is 0.285. The molecule has 0 aliphatic heterocycles. The molecular weight excluding hydrogens is 260 g/mol. The Labute approximate surface area is 133 Å². The van der Waals surface area contributed by atoms with Crippen LogP contribution in [0.2, 0.25) is 0 Å². The van der Waals surface area contributed by atoms with Gasteiger partial charge in [-0.05, 0) is 24.7 Å². The number of unbranched alkanes of at least 4 members (excludes halogenated alkanes) is 6. The van der Waals surface area contributed by atoms with Gasteiger partial charge in [-0.3, -0.25) is 4.79 Å². The first kappa shape index (κ1) is 20.5. The summed E-state index contributed by atoms with van der Waals surface area (Å²) < 4.78 is 5.28. The van der Waals surface area contributed by atoms with E-state index in [4.69, 9.17) is 4.74 Å². The van der Waals surface area contributed by atoms with Crippen molar-refractivity contribution in [1.82, 2.24) is 0 Å². The maximum Gasteiger partial charge on any atom is 0.305 e. The van der Waals surface area contributed by atoms with Crippen LogP contribution in [0.4, 0.5) is 0 Å². The van der Waals surface area contributed by atoms with Crippen molar-refractivity contribution in [2.24, 2.45) is 11.8 Å². The van der Waals surface area contributed by atoms with Crippen molar-refractivity contribution in [3.8, 4) is 0 Å². The van der Waals surface area contributed by atoms with Gasteiger partial charge >= 0.3 is 5.97 Å². The predicted octanol–water partition coefficient (Wildman–Crippen LogP) is 6.13. The SMILES string of the molecule is CC(C)CCCCCCCOC(=O)CCCCCC(C)C. The summed E-state index contributed by atoms with van der Waals surface area (Å²) in [4.78, 5) is 11.5. The third kappa shape index (κ3) is 17.4. The molecule has 21 heavy (non-hydrogen) atoms. The highest BCUT2D eigenvalue weighted by atomic mass is 16.5. The van der Waals surface area contributed by atoms with Crippen molar-refractivity contribution in [1.29, 1.82) is 0 Å². The molecule has 0 fully saturated rings. The first-order chi connectivity index (χ1) is 10.0. The number of carbonyl (C=O) groups excluding carboxylic acids is 1. The van der Waals surface area contributed by atoms with E-state index in [9.17, 15) is 4.79 Å². The van der Waals surface area contributed by atoms with Crippen LogP contribution in [0.15, 0.2) is 0 Å². The Morgan fingerprint density at radius 1 is 0.714 bits per heavy atom. The lowest BCUT2D eigenvalue weighted by Crippen LogP contribution is -2.05. The molecular formula is C19H38O2. The van der Waals surface area contributed by atoms with Crippen molar-refractivity contribution in [3.05, 3.63) is 0 Å². The van der Waals surface area contributed by atoms with E-state index in [0.29, 0.717) is 13.0 Å². The van der Waals surface area contributed by atoms with Gasteiger partial charge in [0.25, 0.3) is 0 Å². The second-order valence-corrected chi connectivity index (χ2v) is 7.16. The average molecular weight is 299 g/mol. The normalized spacial score (nSPS) is 11.3. The summed E-state index contributed by atoms with van der Waals surface area (Å²) in [5.74, 6) is 1.60. The second kappa shape index (κ2) is 14.4. The summed E-state index contributed by atoms with van der Waals surface area (Å²) in [6.07, 6.45) is 12.8. The Hall–Kier alpha value is -0.530. The van der Waals surface area contributed by atoms with Gasteiger partial charge < -0.3 is 4.74 Å². The van der Waals surface area contributed by atoms with Crippen LogP contribution in [-0.2, 0) is 9.53 Å². The number of hydrogen-bond acceptors (Lipinski definition) is 2. The third-order valence-corrected chi connectivity index (χ3v) is 3.85. The van der Waals surface area contributed by atoms with E-state index in [1.54, 1.807) is 0 Å². The average Bonchev–Trinajstić information content (AvgIpc) is 2.40.